The molecule has 2 atom stereocenters. The van der Waals surface area contributed by atoms with Crippen molar-refractivity contribution in [2.75, 3.05) is 5.73 Å². The van der Waals surface area contributed by atoms with Crippen LogP contribution in [0.15, 0.2) is 61.2 Å². The molecule has 2 aromatic rings. The number of benzene rings is 2. The zero-order valence-electron chi connectivity index (χ0n) is 19.1. The monoisotopic (exact) mass is 485 g/mol. The highest BCUT2D eigenvalue weighted by Crippen LogP contribution is 2.23. The number of nitrogen functional groups attached to an aromatic ring is 1. The van der Waals surface area contributed by atoms with Crippen LogP contribution in [-0.4, -0.2) is 29.7 Å². The summed E-state index contributed by atoms with van der Waals surface area (Å²) in [6, 6.07) is 10.7. The Bertz CT molecular complexity index is 1080. The summed E-state index contributed by atoms with van der Waals surface area (Å²) >= 11 is 6.02. The standard InChI is InChI=1S/C24H28ClN5O4/c1-5-18(31)29-30-22(33)19(14-9-7-6-8-10-14)27-23(34)20(24(2,3)4)28-21(32)15-11-12-17(26)16(25)13-15/h5-13,19-20H,1,26H2,2-4H3,(H,27,34)(H,28,32)(H,29,31)(H,30,33)/t19-,20-/m1/s1. The van der Waals surface area contributed by atoms with Crippen molar-refractivity contribution in [1.82, 2.24) is 21.5 Å². The zero-order valence-corrected chi connectivity index (χ0v) is 19.9. The van der Waals surface area contributed by atoms with Crippen LogP contribution in [0.1, 0.15) is 42.7 Å². The fourth-order valence-corrected chi connectivity index (χ4v) is 3.16. The summed E-state index contributed by atoms with van der Waals surface area (Å²) in [5.41, 5.74) is 10.4. The number of carbonyl (C=O) groups excluding carboxylic acids is 4. The smallest absolute Gasteiger partial charge is 0.265 e. The molecule has 2 rings (SSSR count). The Hall–Kier alpha value is -3.85. The highest BCUT2D eigenvalue weighted by atomic mass is 35.5. The summed E-state index contributed by atoms with van der Waals surface area (Å²) < 4.78 is 0. The van der Waals surface area contributed by atoms with Gasteiger partial charge in [0.05, 0.1) is 10.7 Å². The molecule has 0 spiro atoms. The molecular formula is C24H28ClN5O4. The summed E-state index contributed by atoms with van der Waals surface area (Å²) in [5.74, 6) is -2.43. The summed E-state index contributed by atoms with van der Waals surface area (Å²) in [7, 11) is 0. The van der Waals surface area contributed by atoms with Gasteiger partial charge in [0.2, 0.25) is 5.91 Å². The molecule has 0 radical (unpaired) electrons. The van der Waals surface area contributed by atoms with Gasteiger partial charge in [-0.25, -0.2) is 0 Å². The minimum Gasteiger partial charge on any atom is -0.398 e. The Morgan fingerprint density at radius 2 is 1.62 bits per heavy atom. The van der Waals surface area contributed by atoms with Crippen molar-refractivity contribution < 1.29 is 19.2 Å². The van der Waals surface area contributed by atoms with Crippen LogP contribution in [0.25, 0.3) is 0 Å². The lowest BCUT2D eigenvalue weighted by Crippen LogP contribution is -2.56. The number of hydrogen-bond donors (Lipinski definition) is 5. The molecular weight excluding hydrogens is 458 g/mol. The van der Waals surface area contributed by atoms with Gasteiger partial charge in [-0.3, -0.25) is 30.0 Å². The molecule has 0 fully saturated rings. The SMILES string of the molecule is C=CC(=O)NNC(=O)[C@H](NC(=O)[C@@H](NC(=O)c1ccc(N)c(Cl)c1)C(C)(C)C)c1ccccc1. The van der Waals surface area contributed by atoms with Gasteiger partial charge in [-0.1, -0.05) is 69.3 Å². The van der Waals surface area contributed by atoms with Crippen molar-refractivity contribution in [2.24, 2.45) is 5.41 Å². The van der Waals surface area contributed by atoms with E-state index in [1.807, 2.05) is 0 Å². The van der Waals surface area contributed by atoms with Crippen LogP contribution in [-0.2, 0) is 14.4 Å². The van der Waals surface area contributed by atoms with Crippen molar-refractivity contribution in [1.29, 1.82) is 0 Å². The quantitative estimate of drug-likeness (QED) is 0.232. The number of carbonyl (C=O) groups is 4. The lowest BCUT2D eigenvalue weighted by Gasteiger charge is -2.32. The molecule has 0 aliphatic heterocycles. The van der Waals surface area contributed by atoms with Gasteiger partial charge in [-0.05, 0) is 35.3 Å². The number of rotatable bonds is 7. The minimum atomic E-state index is -1.15. The molecule has 6 N–H and O–H groups in total. The molecule has 0 saturated carbocycles. The van der Waals surface area contributed by atoms with Gasteiger partial charge in [0.25, 0.3) is 17.7 Å². The van der Waals surface area contributed by atoms with Crippen LogP contribution in [0.5, 0.6) is 0 Å². The molecule has 0 aliphatic carbocycles. The van der Waals surface area contributed by atoms with Crippen LogP contribution in [0.4, 0.5) is 5.69 Å². The Morgan fingerprint density at radius 3 is 2.18 bits per heavy atom. The fraction of sp³-hybridized carbons (Fsp3) is 0.250. The van der Waals surface area contributed by atoms with Crippen LogP contribution in [0, 0.1) is 5.41 Å². The van der Waals surface area contributed by atoms with E-state index in [9.17, 15) is 19.2 Å². The molecule has 34 heavy (non-hydrogen) atoms. The van der Waals surface area contributed by atoms with Crippen molar-refractivity contribution in [3.8, 4) is 0 Å². The van der Waals surface area contributed by atoms with Gasteiger partial charge >= 0.3 is 0 Å². The van der Waals surface area contributed by atoms with Crippen molar-refractivity contribution in [3.63, 3.8) is 0 Å². The Morgan fingerprint density at radius 1 is 0.971 bits per heavy atom. The molecule has 9 nitrogen and oxygen atoms in total. The van der Waals surface area contributed by atoms with Gasteiger partial charge in [-0.15, -0.1) is 0 Å². The lowest BCUT2D eigenvalue weighted by atomic mass is 9.85. The molecule has 0 saturated heterocycles. The van der Waals surface area contributed by atoms with Crippen LogP contribution < -0.4 is 27.2 Å². The largest absolute Gasteiger partial charge is 0.398 e. The van der Waals surface area contributed by atoms with E-state index >= 15 is 0 Å². The van der Waals surface area contributed by atoms with Gasteiger partial charge in [0, 0.05) is 5.56 Å². The first kappa shape index (κ1) is 26.4. The van der Waals surface area contributed by atoms with Gasteiger partial charge < -0.3 is 16.4 Å². The molecule has 10 heteroatoms. The van der Waals surface area contributed by atoms with Crippen LogP contribution in [0.2, 0.25) is 5.02 Å². The predicted molar refractivity (Wildman–Crippen MR) is 130 cm³/mol. The number of amides is 4. The average Bonchev–Trinajstić information content (AvgIpc) is 2.80. The second-order valence-electron chi connectivity index (χ2n) is 8.54. The maximum atomic E-state index is 13.3. The van der Waals surface area contributed by atoms with Crippen LogP contribution >= 0.6 is 11.6 Å². The third-order valence-corrected chi connectivity index (χ3v) is 5.17. The number of anilines is 1. The topological polar surface area (TPSA) is 142 Å². The van der Waals surface area contributed by atoms with E-state index in [0.29, 0.717) is 11.3 Å². The van der Waals surface area contributed by atoms with Gasteiger partial charge in [0.15, 0.2) is 0 Å². The third kappa shape index (κ3) is 7.08. The molecule has 2 aromatic carbocycles. The minimum absolute atomic E-state index is 0.215. The van der Waals surface area contributed by atoms with E-state index in [1.165, 1.54) is 18.2 Å². The summed E-state index contributed by atoms with van der Waals surface area (Å²) in [5, 5.41) is 5.59. The molecule has 0 aliphatic rings. The Kier molecular flexibility index (Phi) is 8.80. The van der Waals surface area contributed by atoms with Crippen molar-refractivity contribution in [2.45, 2.75) is 32.9 Å². The van der Waals surface area contributed by atoms with Crippen molar-refractivity contribution in [3.05, 3.63) is 77.3 Å². The average molecular weight is 486 g/mol. The molecule has 180 valence electrons. The fourth-order valence-electron chi connectivity index (χ4n) is 2.98. The predicted octanol–water partition coefficient (Wildman–Crippen LogP) is 2.26. The lowest BCUT2D eigenvalue weighted by molar-refractivity contribution is -0.133. The number of halogens is 1. The zero-order chi connectivity index (χ0) is 25.5. The maximum absolute atomic E-state index is 13.3. The van der Waals surface area contributed by atoms with E-state index in [1.54, 1.807) is 51.1 Å². The Balaban J connectivity index is 2.28. The maximum Gasteiger partial charge on any atom is 0.265 e. The highest BCUT2D eigenvalue weighted by molar-refractivity contribution is 6.33. The summed E-state index contributed by atoms with van der Waals surface area (Å²) in [4.78, 5) is 50.4. The van der Waals surface area contributed by atoms with Gasteiger partial charge in [0.1, 0.15) is 12.1 Å². The van der Waals surface area contributed by atoms with E-state index < -0.39 is 41.1 Å². The first-order valence-corrected chi connectivity index (χ1v) is 10.7. The molecule has 0 heterocycles. The van der Waals surface area contributed by atoms with Gasteiger partial charge in [-0.2, -0.15) is 0 Å². The summed E-state index contributed by atoms with van der Waals surface area (Å²) in [6.45, 7) is 8.63. The molecule has 0 unspecified atom stereocenters. The first-order chi connectivity index (χ1) is 15.9. The number of hydrogen-bond acceptors (Lipinski definition) is 5. The number of nitrogens with one attached hydrogen (secondary N) is 4. The van der Waals surface area contributed by atoms with Crippen LogP contribution in [0.3, 0.4) is 0 Å². The van der Waals surface area contributed by atoms with Crippen molar-refractivity contribution >= 4 is 40.9 Å². The Labute approximate surface area is 203 Å². The number of hydrazine groups is 1. The normalized spacial score (nSPS) is 12.6. The first-order valence-electron chi connectivity index (χ1n) is 10.4. The van der Waals surface area contributed by atoms with E-state index in [0.717, 1.165) is 6.08 Å². The van der Waals surface area contributed by atoms with E-state index in [2.05, 4.69) is 28.1 Å². The highest BCUT2D eigenvalue weighted by Gasteiger charge is 2.35. The van der Waals surface area contributed by atoms with E-state index in [4.69, 9.17) is 17.3 Å². The second-order valence-corrected chi connectivity index (χ2v) is 8.95. The molecule has 0 aromatic heterocycles. The second kappa shape index (κ2) is 11.3. The molecule has 4 amide bonds. The van der Waals surface area contributed by atoms with E-state index in [-0.39, 0.29) is 10.6 Å². The molecule has 0 bridgehead atoms. The summed E-state index contributed by atoms with van der Waals surface area (Å²) in [6.07, 6.45) is 0.991. The third-order valence-electron chi connectivity index (χ3n) is 4.84. The number of nitrogens with two attached hydrogens (primary N) is 1.